The van der Waals surface area contributed by atoms with Crippen molar-refractivity contribution in [2.75, 3.05) is 54.9 Å². The van der Waals surface area contributed by atoms with E-state index in [1.165, 1.54) is 0 Å². The number of piperazine rings is 1. The van der Waals surface area contributed by atoms with Crippen LogP contribution < -0.4 is 15.1 Å². The van der Waals surface area contributed by atoms with Crippen LogP contribution in [0.4, 0.5) is 26.8 Å². The molecule has 40 heavy (non-hydrogen) atoms. The van der Waals surface area contributed by atoms with Crippen molar-refractivity contribution in [2.24, 2.45) is 0 Å². The fraction of sp³-hybridized carbons (Fsp3) is 0.379. The number of fused-ring (bicyclic) bond motifs is 1. The summed E-state index contributed by atoms with van der Waals surface area (Å²) in [7, 11) is 2.10. The topological polar surface area (TPSA) is 114 Å². The van der Waals surface area contributed by atoms with Gasteiger partial charge in [0.1, 0.15) is 0 Å². The molecule has 0 atom stereocenters. The number of aromatic nitrogens is 2. The number of hydrogen-bond acceptors (Lipinski definition) is 6. The highest BCUT2D eigenvalue weighted by molar-refractivity contribution is 6.04. The summed E-state index contributed by atoms with van der Waals surface area (Å²) in [6, 6.07) is 14.9. The average Bonchev–Trinajstić information content (AvgIpc) is 3.54. The molecule has 0 radical (unpaired) electrons. The third-order valence-electron chi connectivity index (χ3n) is 7.67. The Kier molecular flexibility index (Phi) is 7.74. The van der Waals surface area contributed by atoms with Gasteiger partial charge in [0.2, 0.25) is 0 Å². The molecule has 3 heterocycles. The molecule has 5 rings (SSSR count). The van der Waals surface area contributed by atoms with Crippen LogP contribution in [-0.2, 0) is 19.5 Å². The first-order chi connectivity index (χ1) is 19.3. The number of carbonyl (C=O) groups excluding carboxylic acids is 2. The van der Waals surface area contributed by atoms with E-state index in [0.29, 0.717) is 23.4 Å². The van der Waals surface area contributed by atoms with E-state index >= 15 is 0 Å². The van der Waals surface area contributed by atoms with Crippen LogP contribution in [0.15, 0.2) is 48.5 Å². The molecule has 0 bridgehead atoms. The van der Waals surface area contributed by atoms with Gasteiger partial charge < -0.3 is 25.1 Å². The average molecular weight is 546 g/mol. The highest BCUT2D eigenvalue weighted by Gasteiger charge is 2.35. The van der Waals surface area contributed by atoms with E-state index in [2.05, 4.69) is 27.3 Å². The molecule has 2 aliphatic rings. The Morgan fingerprint density at radius 1 is 0.975 bits per heavy atom. The molecule has 1 fully saturated rings. The number of nitrogens with zero attached hydrogens (tertiary/aromatic N) is 6. The molecule has 2 N–H and O–H groups in total. The first-order valence-corrected chi connectivity index (χ1v) is 13.6. The quantitative estimate of drug-likeness (QED) is 0.482. The molecule has 0 saturated carbocycles. The minimum atomic E-state index is -1.27. The number of likely N-dealkylation sites (N-methyl/N-ethyl adjacent to an activating group) is 1. The van der Waals surface area contributed by atoms with Crippen LogP contribution in [0.1, 0.15) is 41.0 Å². The second-order valence-electron chi connectivity index (χ2n) is 10.1. The van der Waals surface area contributed by atoms with E-state index in [4.69, 9.17) is 0 Å². The molecule has 3 amide bonds. The number of carboxylic acid groups (broad SMARTS) is 1. The maximum absolute atomic E-state index is 13.6. The van der Waals surface area contributed by atoms with Crippen molar-refractivity contribution in [3.8, 4) is 0 Å². The molecule has 1 aromatic heterocycles. The lowest BCUT2D eigenvalue weighted by atomic mass is 10.1. The van der Waals surface area contributed by atoms with Crippen LogP contribution in [-0.4, -0.2) is 82.5 Å². The number of benzene rings is 2. The number of para-hydroxylation sites is 1. The Balaban J connectivity index is 1.33. The molecule has 1 saturated heterocycles. The van der Waals surface area contributed by atoms with Crippen molar-refractivity contribution < 1.29 is 19.5 Å². The molecule has 11 heteroatoms. The summed E-state index contributed by atoms with van der Waals surface area (Å²) in [6.07, 6.45) is -0.494. The van der Waals surface area contributed by atoms with Crippen LogP contribution in [0.2, 0.25) is 0 Å². The highest BCUT2D eigenvalue weighted by Crippen LogP contribution is 2.32. The number of anilines is 3. The van der Waals surface area contributed by atoms with E-state index < -0.39 is 6.09 Å². The van der Waals surface area contributed by atoms with Crippen molar-refractivity contribution in [3.05, 3.63) is 70.9 Å². The number of urea groups is 1. The summed E-state index contributed by atoms with van der Waals surface area (Å²) in [4.78, 5) is 46.6. The number of nitrogens with one attached hydrogen (secondary N) is 1. The summed E-state index contributed by atoms with van der Waals surface area (Å²) >= 11 is 0. The Morgan fingerprint density at radius 2 is 1.68 bits per heavy atom. The fourth-order valence-electron chi connectivity index (χ4n) is 5.36. The normalized spacial score (nSPS) is 15.2. The zero-order chi connectivity index (χ0) is 28.4. The van der Waals surface area contributed by atoms with Gasteiger partial charge in [0.05, 0.1) is 18.8 Å². The number of hydrogen-bond donors (Lipinski definition) is 2. The lowest BCUT2D eigenvalue weighted by molar-refractivity contribution is 0.102. The van der Waals surface area contributed by atoms with Gasteiger partial charge >= 0.3 is 12.1 Å². The molecular weight excluding hydrogens is 510 g/mol. The van der Waals surface area contributed by atoms with Gasteiger partial charge in [-0.3, -0.25) is 9.69 Å². The third-order valence-corrected chi connectivity index (χ3v) is 7.67. The van der Waals surface area contributed by atoms with Crippen molar-refractivity contribution >= 4 is 35.2 Å². The van der Waals surface area contributed by atoms with E-state index in [9.17, 15) is 19.5 Å². The molecule has 0 unspecified atom stereocenters. The van der Waals surface area contributed by atoms with Crippen molar-refractivity contribution in [2.45, 2.75) is 33.4 Å². The predicted molar refractivity (Wildman–Crippen MR) is 153 cm³/mol. The highest BCUT2D eigenvalue weighted by atomic mass is 16.4. The van der Waals surface area contributed by atoms with Crippen LogP contribution in [0.3, 0.4) is 0 Å². The van der Waals surface area contributed by atoms with Gasteiger partial charge in [0.15, 0.2) is 5.82 Å². The summed E-state index contributed by atoms with van der Waals surface area (Å²) < 4.78 is 0.852. The molecule has 0 aliphatic carbocycles. The van der Waals surface area contributed by atoms with Crippen LogP contribution in [0, 0.1) is 0 Å². The van der Waals surface area contributed by atoms with E-state index in [1.54, 1.807) is 21.9 Å². The minimum Gasteiger partial charge on any atom is -0.463 e. The molecule has 0 spiro atoms. The van der Waals surface area contributed by atoms with Crippen molar-refractivity contribution in [1.82, 2.24) is 19.6 Å². The van der Waals surface area contributed by atoms with Gasteiger partial charge in [0.25, 0.3) is 5.91 Å². The molecule has 11 nitrogen and oxygen atoms in total. The zero-order valence-electron chi connectivity index (χ0n) is 23.1. The van der Waals surface area contributed by atoms with Crippen LogP contribution >= 0.6 is 0 Å². The van der Waals surface area contributed by atoms with Crippen LogP contribution in [0.5, 0.6) is 0 Å². The number of carbonyl (C=O) groups is 3. The molecule has 210 valence electrons. The van der Waals surface area contributed by atoms with Crippen molar-refractivity contribution in [3.63, 3.8) is 0 Å². The monoisotopic (exact) mass is 545 g/mol. The molecular formula is C29H35N7O4. The molecule has 3 aromatic rings. The second kappa shape index (κ2) is 11.4. The van der Waals surface area contributed by atoms with Gasteiger partial charge in [-0.1, -0.05) is 25.1 Å². The summed E-state index contributed by atoms with van der Waals surface area (Å²) in [5, 5.41) is 16.7. The van der Waals surface area contributed by atoms with E-state index in [1.807, 2.05) is 50.2 Å². The van der Waals surface area contributed by atoms with Gasteiger partial charge in [0, 0.05) is 55.2 Å². The smallest absolute Gasteiger partial charge is 0.432 e. The Bertz CT molecular complexity index is 1410. The Labute approximate surface area is 233 Å². The van der Waals surface area contributed by atoms with E-state index in [0.717, 1.165) is 54.2 Å². The predicted octanol–water partition coefficient (Wildman–Crippen LogP) is 3.94. The van der Waals surface area contributed by atoms with Gasteiger partial charge in [-0.05, 0) is 56.3 Å². The first kappa shape index (κ1) is 27.2. The van der Waals surface area contributed by atoms with Gasteiger partial charge in [-0.2, -0.15) is 4.68 Å². The lowest BCUT2D eigenvalue weighted by Crippen LogP contribution is -2.44. The molecule has 2 aromatic carbocycles. The maximum atomic E-state index is 13.6. The first-order valence-electron chi connectivity index (χ1n) is 13.6. The Morgan fingerprint density at radius 3 is 2.33 bits per heavy atom. The minimum absolute atomic E-state index is 0.0772. The SMILES string of the molecule is CCc1ccccc1N(CC)C(=O)N1Cc2c(NC(=O)c3ccc(N4CCN(C)CC4)cc3)nn(C(=O)O)c2C1. The summed E-state index contributed by atoms with van der Waals surface area (Å²) in [5.74, 6) is -0.238. The van der Waals surface area contributed by atoms with Crippen LogP contribution in [0.25, 0.3) is 0 Å². The number of amides is 3. The second-order valence-corrected chi connectivity index (χ2v) is 10.1. The van der Waals surface area contributed by atoms with E-state index in [-0.39, 0.29) is 30.8 Å². The lowest BCUT2D eigenvalue weighted by Gasteiger charge is -2.34. The fourth-order valence-corrected chi connectivity index (χ4v) is 5.36. The summed E-state index contributed by atoms with van der Waals surface area (Å²) in [5.41, 5.74) is 4.29. The van der Waals surface area contributed by atoms with Gasteiger partial charge in [-0.25, -0.2) is 9.59 Å². The largest absolute Gasteiger partial charge is 0.463 e. The molecule has 2 aliphatic heterocycles. The summed E-state index contributed by atoms with van der Waals surface area (Å²) in [6.45, 7) is 8.46. The Hall–Kier alpha value is -4.38. The zero-order valence-corrected chi connectivity index (χ0v) is 23.1. The van der Waals surface area contributed by atoms with Gasteiger partial charge in [-0.15, -0.1) is 5.10 Å². The number of rotatable bonds is 6. The number of aryl methyl sites for hydroxylation is 1. The maximum Gasteiger partial charge on any atom is 0.432 e. The van der Waals surface area contributed by atoms with Crippen molar-refractivity contribution in [1.29, 1.82) is 0 Å². The standard InChI is InChI=1S/C29H35N7O4/c1-4-20-8-6-7-9-24(20)35(5-2)28(38)34-18-23-25(19-34)36(29(39)40)31-26(23)30-27(37)21-10-12-22(13-11-21)33-16-14-32(3)15-17-33/h6-13H,4-5,14-19H2,1-3H3,(H,39,40)(H,30,31,37). The third kappa shape index (κ3) is 5.24.